The SMILES string of the molecule is c1ccc(-c2cc(-c3cc(-c4ccccc4)cc(-c4c5ccccc5c(-c5ccc6ccccc6c5)c5ccccc45)c3)cc(-c3ccc4ccccc4c3)c2)cc1. The molecule has 0 heteroatoms. The predicted octanol–water partition coefficient (Wildman–Crippen LogP) is 16.3. The fraction of sp³-hybridized carbons (Fsp3) is 0. The molecule has 0 saturated carbocycles. The van der Waals surface area contributed by atoms with Crippen LogP contribution in [0.2, 0.25) is 0 Å². The smallest absolute Gasteiger partial charge is 0.00259 e. The summed E-state index contributed by atoms with van der Waals surface area (Å²) in [7, 11) is 0. The van der Waals surface area contributed by atoms with E-state index in [1.54, 1.807) is 0 Å². The quantitative estimate of drug-likeness (QED) is 0.149. The van der Waals surface area contributed by atoms with Gasteiger partial charge in [0.25, 0.3) is 0 Å². The lowest BCUT2D eigenvalue weighted by molar-refractivity contribution is 1.56. The lowest BCUT2D eigenvalue weighted by atomic mass is 9.84. The van der Waals surface area contributed by atoms with E-state index in [0.29, 0.717) is 0 Å². The van der Waals surface area contributed by atoms with E-state index in [1.165, 1.54) is 110 Å². The summed E-state index contributed by atoms with van der Waals surface area (Å²) in [5.74, 6) is 0. The van der Waals surface area contributed by atoms with Gasteiger partial charge in [-0.15, -0.1) is 0 Å². The second-order valence-corrected chi connectivity index (χ2v) is 15.3. The Bertz CT molecular complexity index is 3260. The molecule has 270 valence electrons. The van der Waals surface area contributed by atoms with Gasteiger partial charge in [0.2, 0.25) is 0 Å². The number of hydrogen-bond acceptors (Lipinski definition) is 0. The molecule has 11 aromatic carbocycles. The van der Waals surface area contributed by atoms with Crippen LogP contribution in [0.25, 0.3) is 110 Å². The molecule has 11 aromatic rings. The maximum atomic E-state index is 2.42. The molecule has 0 aliphatic rings. The van der Waals surface area contributed by atoms with E-state index in [9.17, 15) is 0 Å². The second kappa shape index (κ2) is 14.2. The first-order valence-corrected chi connectivity index (χ1v) is 20.1. The molecule has 0 radical (unpaired) electrons. The lowest BCUT2D eigenvalue weighted by Gasteiger charge is -2.20. The van der Waals surface area contributed by atoms with Crippen molar-refractivity contribution in [3.8, 4) is 66.8 Å². The molecule has 0 aromatic heterocycles. The summed E-state index contributed by atoms with van der Waals surface area (Å²) in [6, 6.07) is 84.8. The monoisotopic (exact) mass is 734 g/mol. The van der Waals surface area contributed by atoms with Gasteiger partial charge in [0.15, 0.2) is 0 Å². The zero-order valence-electron chi connectivity index (χ0n) is 31.9. The Labute approximate surface area is 339 Å². The summed E-state index contributed by atoms with van der Waals surface area (Å²) >= 11 is 0. The Kier molecular flexibility index (Phi) is 8.26. The summed E-state index contributed by atoms with van der Waals surface area (Å²) < 4.78 is 0. The van der Waals surface area contributed by atoms with Crippen molar-refractivity contribution in [3.63, 3.8) is 0 Å². The van der Waals surface area contributed by atoms with Crippen LogP contribution in [-0.4, -0.2) is 0 Å². The van der Waals surface area contributed by atoms with Crippen LogP contribution in [0.5, 0.6) is 0 Å². The molecule has 0 spiro atoms. The van der Waals surface area contributed by atoms with Gasteiger partial charge < -0.3 is 0 Å². The third-order valence-electron chi connectivity index (χ3n) is 11.8. The van der Waals surface area contributed by atoms with Gasteiger partial charge in [-0.25, -0.2) is 0 Å². The Morgan fingerprint density at radius 1 is 0.155 bits per heavy atom. The van der Waals surface area contributed by atoms with Crippen molar-refractivity contribution >= 4 is 43.1 Å². The zero-order chi connectivity index (χ0) is 38.4. The van der Waals surface area contributed by atoms with Gasteiger partial charge in [-0.2, -0.15) is 0 Å². The molecule has 0 unspecified atom stereocenters. The van der Waals surface area contributed by atoms with E-state index in [2.05, 4.69) is 231 Å². The third kappa shape index (κ3) is 6.04. The summed E-state index contributed by atoms with van der Waals surface area (Å²) in [4.78, 5) is 0. The van der Waals surface area contributed by atoms with Gasteiger partial charge in [-0.05, 0) is 158 Å². The molecule has 0 N–H and O–H groups in total. The van der Waals surface area contributed by atoms with Gasteiger partial charge >= 0.3 is 0 Å². The van der Waals surface area contributed by atoms with Crippen LogP contribution in [0.1, 0.15) is 0 Å². The van der Waals surface area contributed by atoms with Crippen LogP contribution in [0.3, 0.4) is 0 Å². The summed E-state index contributed by atoms with van der Waals surface area (Å²) in [5.41, 5.74) is 14.5. The number of fused-ring (bicyclic) bond motifs is 4. The van der Waals surface area contributed by atoms with Crippen LogP contribution in [0.4, 0.5) is 0 Å². The molecule has 0 amide bonds. The lowest BCUT2D eigenvalue weighted by Crippen LogP contribution is -1.93. The van der Waals surface area contributed by atoms with Crippen molar-refractivity contribution in [2.24, 2.45) is 0 Å². The first-order chi connectivity index (χ1) is 28.7. The number of rotatable bonds is 6. The minimum atomic E-state index is 1.18. The Morgan fingerprint density at radius 2 is 0.466 bits per heavy atom. The van der Waals surface area contributed by atoms with Crippen molar-refractivity contribution in [1.82, 2.24) is 0 Å². The van der Waals surface area contributed by atoms with Gasteiger partial charge in [0, 0.05) is 0 Å². The molecule has 11 rings (SSSR count). The molecule has 0 saturated heterocycles. The summed E-state index contributed by atoms with van der Waals surface area (Å²) in [5, 5.41) is 9.99. The topological polar surface area (TPSA) is 0 Å². The number of benzene rings is 11. The first kappa shape index (κ1) is 33.8. The average molecular weight is 735 g/mol. The van der Waals surface area contributed by atoms with Gasteiger partial charge in [-0.1, -0.05) is 182 Å². The molecular formula is C58H38. The van der Waals surface area contributed by atoms with Crippen LogP contribution in [0, 0.1) is 0 Å². The molecule has 58 heavy (non-hydrogen) atoms. The van der Waals surface area contributed by atoms with Crippen molar-refractivity contribution in [3.05, 3.63) is 231 Å². The zero-order valence-corrected chi connectivity index (χ0v) is 31.9. The molecule has 0 aliphatic carbocycles. The minimum absolute atomic E-state index is 1.18. The molecule has 0 aliphatic heterocycles. The van der Waals surface area contributed by atoms with E-state index in [-0.39, 0.29) is 0 Å². The Balaban J connectivity index is 1.18. The van der Waals surface area contributed by atoms with Crippen molar-refractivity contribution in [2.75, 3.05) is 0 Å². The molecule has 0 heterocycles. The standard InChI is InChI=1S/C58H38/c1-3-15-39(16-4-1)47-33-49(45-29-27-41-19-7-9-21-43(41)31-45)36-50(34-47)51-35-48(40-17-5-2-6-18-40)37-52(38-51)58-55-25-13-11-23-53(55)57(54-24-12-14-26-56(54)58)46-30-28-42-20-8-10-22-44(42)32-46/h1-38H. The highest BCUT2D eigenvalue weighted by molar-refractivity contribution is 6.22. The minimum Gasteiger partial charge on any atom is -0.0622 e. The van der Waals surface area contributed by atoms with Crippen LogP contribution in [0.15, 0.2) is 231 Å². The van der Waals surface area contributed by atoms with Crippen molar-refractivity contribution in [2.45, 2.75) is 0 Å². The van der Waals surface area contributed by atoms with E-state index in [1.807, 2.05) is 0 Å². The molecule has 0 atom stereocenters. The van der Waals surface area contributed by atoms with E-state index >= 15 is 0 Å². The molecule has 0 nitrogen and oxygen atoms in total. The highest BCUT2D eigenvalue weighted by Crippen LogP contribution is 2.46. The first-order valence-electron chi connectivity index (χ1n) is 20.1. The maximum Gasteiger partial charge on any atom is -0.00259 e. The second-order valence-electron chi connectivity index (χ2n) is 15.3. The highest BCUT2D eigenvalue weighted by atomic mass is 14.2. The van der Waals surface area contributed by atoms with Crippen LogP contribution in [-0.2, 0) is 0 Å². The molecule has 0 bridgehead atoms. The molecule has 0 fully saturated rings. The normalized spacial score (nSPS) is 11.4. The van der Waals surface area contributed by atoms with Crippen molar-refractivity contribution < 1.29 is 0 Å². The largest absolute Gasteiger partial charge is 0.0622 e. The maximum absolute atomic E-state index is 2.42. The van der Waals surface area contributed by atoms with Gasteiger partial charge in [0.05, 0.1) is 0 Å². The van der Waals surface area contributed by atoms with Gasteiger partial charge in [0.1, 0.15) is 0 Å². The van der Waals surface area contributed by atoms with E-state index < -0.39 is 0 Å². The van der Waals surface area contributed by atoms with Crippen LogP contribution >= 0.6 is 0 Å². The van der Waals surface area contributed by atoms with Gasteiger partial charge in [-0.3, -0.25) is 0 Å². The Hall–Kier alpha value is -7.54. The Morgan fingerprint density at radius 3 is 0.931 bits per heavy atom. The predicted molar refractivity (Wildman–Crippen MR) is 249 cm³/mol. The fourth-order valence-corrected chi connectivity index (χ4v) is 8.96. The van der Waals surface area contributed by atoms with E-state index in [0.717, 1.165) is 0 Å². The fourth-order valence-electron chi connectivity index (χ4n) is 8.96. The molecular weight excluding hydrogens is 697 g/mol. The third-order valence-corrected chi connectivity index (χ3v) is 11.8. The number of hydrogen-bond donors (Lipinski definition) is 0. The average Bonchev–Trinajstić information content (AvgIpc) is 3.30. The summed E-state index contributed by atoms with van der Waals surface area (Å²) in [6.45, 7) is 0. The van der Waals surface area contributed by atoms with Crippen LogP contribution < -0.4 is 0 Å². The summed E-state index contributed by atoms with van der Waals surface area (Å²) in [6.07, 6.45) is 0. The van der Waals surface area contributed by atoms with Crippen molar-refractivity contribution in [1.29, 1.82) is 0 Å². The highest BCUT2D eigenvalue weighted by Gasteiger charge is 2.19. The van der Waals surface area contributed by atoms with E-state index in [4.69, 9.17) is 0 Å².